The van der Waals surface area contributed by atoms with Crippen molar-refractivity contribution < 1.29 is 19.0 Å². The lowest BCUT2D eigenvalue weighted by molar-refractivity contribution is -0.120. The number of carbonyl (C=O) groups excluding carboxylic acids is 1. The van der Waals surface area contributed by atoms with E-state index in [0.717, 1.165) is 16.9 Å². The largest absolute Gasteiger partial charge is 0.490 e. The lowest BCUT2D eigenvalue weighted by Crippen LogP contribution is -2.24. The van der Waals surface area contributed by atoms with Crippen molar-refractivity contribution in [3.63, 3.8) is 0 Å². The van der Waals surface area contributed by atoms with Gasteiger partial charge in [-0.3, -0.25) is 4.79 Å². The van der Waals surface area contributed by atoms with Crippen LogP contribution >= 0.6 is 0 Å². The van der Waals surface area contributed by atoms with Crippen LogP contribution in [0.4, 0.5) is 0 Å². The summed E-state index contributed by atoms with van der Waals surface area (Å²) < 4.78 is 17.3. The van der Waals surface area contributed by atoms with Gasteiger partial charge in [-0.2, -0.15) is 5.26 Å². The lowest BCUT2D eigenvalue weighted by atomic mass is 10.1. The summed E-state index contributed by atoms with van der Waals surface area (Å²) in [6.45, 7) is 7.83. The molecule has 0 bridgehead atoms. The maximum atomic E-state index is 11.4. The highest BCUT2D eigenvalue weighted by Gasteiger charge is 2.08. The Balaban J connectivity index is 1.87. The zero-order chi connectivity index (χ0) is 21.1. The second-order valence-corrected chi connectivity index (χ2v) is 6.61. The molecule has 2 rings (SSSR count). The Morgan fingerprint density at radius 3 is 2.41 bits per heavy atom. The van der Waals surface area contributed by atoms with E-state index in [-0.39, 0.29) is 12.3 Å². The van der Waals surface area contributed by atoms with Gasteiger partial charge in [0.2, 0.25) is 5.91 Å². The van der Waals surface area contributed by atoms with Gasteiger partial charge in [-0.15, -0.1) is 0 Å². The number of rotatable bonds is 11. The van der Waals surface area contributed by atoms with E-state index in [2.05, 4.69) is 18.3 Å². The molecule has 2 aromatic carbocycles. The number of aryl methyl sites for hydroxylation is 2. The molecule has 0 unspecified atom stereocenters. The molecule has 0 saturated carbocycles. The van der Waals surface area contributed by atoms with Crippen LogP contribution in [0.15, 0.2) is 36.4 Å². The molecule has 0 aromatic heterocycles. The number of benzene rings is 2. The van der Waals surface area contributed by atoms with Crippen LogP contribution in [0.3, 0.4) is 0 Å². The zero-order valence-electron chi connectivity index (χ0n) is 17.3. The summed E-state index contributed by atoms with van der Waals surface area (Å²) in [5, 5.41) is 11.2. The first kappa shape index (κ1) is 22.1. The Morgan fingerprint density at radius 2 is 1.72 bits per heavy atom. The van der Waals surface area contributed by atoms with Crippen molar-refractivity contribution in [1.29, 1.82) is 5.26 Å². The molecule has 2 aromatic rings. The van der Waals surface area contributed by atoms with Crippen molar-refractivity contribution in [2.45, 2.75) is 33.6 Å². The van der Waals surface area contributed by atoms with Crippen molar-refractivity contribution in [3.8, 4) is 23.3 Å². The van der Waals surface area contributed by atoms with Crippen LogP contribution in [0.2, 0.25) is 0 Å². The molecule has 0 fully saturated rings. The molecule has 0 aliphatic rings. The van der Waals surface area contributed by atoms with Crippen LogP contribution in [-0.2, 0) is 11.2 Å². The number of nitrogens with zero attached hydrogens (tertiary/aromatic N) is 1. The summed E-state index contributed by atoms with van der Waals surface area (Å²) in [5.41, 5.74) is 3.33. The third kappa shape index (κ3) is 7.38. The molecule has 0 heterocycles. The Hall–Kier alpha value is -3.20. The Morgan fingerprint density at radius 1 is 1.00 bits per heavy atom. The van der Waals surface area contributed by atoms with Crippen LogP contribution in [-0.4, -0.2) is 32.3 Å². The molecule has 0 aliphatic heterocycles. The minimum atomic E-state index is -0.263. The Kier molecular flexibility index (Phi) is 8.84. The fraction of sp³-hybridized carbons (Fsp3) is 0.391. The van der Waals surface area contributed by atoms with Crippen LogP contribution in [0.5, 0.6) is 17.2 Å². The number of nitrogens with one attached hydrogen (secondary N) is 1. The molecule has 0 saturated heterocycles. The van der Waals surface area contributed by atoms with Gasteiger partial charge in [-0.05, 0) is 56.5 Å². The highest BCUT2D eigenvalue weighted by molar-refractivity contribution is 5.77. The number of hydrogen-bond donors (Lipinski definition) is 1. The summed E-state index contributed by atoms with van der Waals surface area (Å²) in [6, 6.07) is 13.6. The van der Waals surface area contributed by atoms with Crippen molar-refractivity contribution in [3.05, 3.63) is 53.1 Å². The number of amides is 1. The van der Waals surface area contributed by atoms with Crippen LogP contribution < -0.4 is 19.5 Å². The number of hydrogen-bond acceptors (Lipinski definition) is 5. The molecule has 29 heavy (non-hydrogen) atoms. The van der Waals surface area contributed by atoms with Crippen LogP contribution in [0.25, 0.3) is 0 Å². The molecular formula is C23H28N2O4. The van der Waals surface area contributed by atoms with E-state index in [1.54, 1.807) is 0 Å². The highest BCUT2D eigenvalue weighted by Crippen LogP contribution is 2.29. The average Bonchev–Trinajstić information content (AvgIpc) is 2.68. The molecule has 6 nitrogen and oxygen atoms in total. The Labute approximate surface area is 172 Å². The van der Waals surface area contributed by atoms with Crippen molar-refractivity contribution in [2.24, 2.45) is 0 Å². The van der Waals surface area contributed by atoms with Gasteiger partial charge in [0.25, 0.3) is 0 Å². The second kappa shape index (κ2) is 11.6. The van der Waals surface area contributed by atoms with Gasteiger partial charge < -0.3 is 19.5 Å². The Bertz CT molecular complexity index is 858. The number of carbonyl (C=O) groups is 1. The molecule has 0 atom stereocenters. The van der Waals surface area contributed by atoms with E-state index in [1.165, 1.54) is 5.56 Å². The molecule has 1 N–H and O–H groups in total. The highest BCUT2D eigenvalue weighted by atomic mass is 16.5. The lowest BCUT2D eigenvalue weighted by Gasteiger charge is -2.14. The van der Waals surface area contributed by atoms with Gasteiger partial charge in [0.15, 0.2) is 11.5 Å². The van der Waals surface area contributed by atoms with Gasteiger partial charge in [0.1, 0.15) is 25.4 Å². The smallest absolute Gasteiger partial charge is 0.234 e. The first-order valence-corrected chi connectivity index (χ1v) is 9.75. The third-order valence-electron chi connectivity index (χ3n) is 4.21. The third-order valence-corrected chi connectivity index (χ3v) is 4.21. The van der Waals surface area contributed by atoms with E-state index >= 15 is 0 Å². The first-order chi connectivity index (χ1) is 14.0. The fourth-order valence-corrected chi connectivity index (χ4v) is 2.84. The van der Waals surface area contributed by atoms with Gasteiger partial charge in [-0.25, -0.2) is 0 Å². The summed E-state index contributed by atoms with van der Waals surface area (Å²) in [7, 11) is 0. The van der Waals surface area contributed by atoms with Gasteiger partial charge in [0, 0.05) is 6.54 Å². The molecule has 1 amide bonds. The number of nitriles is 1. The fourth-order valence-electron chi connectivity index (χ4n) is 2.84. The van der Waals surface area contributed by atoms with E-state index in [9.17, 15) is 4.79 Å². The zero-order valence-corrected chi connectivity index (χ0v) is 17.3. The maximum absolute atomic E-state index is 11.4. The minimum Gasteiger partial charge on any atom is -0.490 e. The maximum Gasteiger partial charge on any atom is 0.234 e. The van der Waals surface area contributed by atoms with E-state index in [1.807, 2.05) is 50.2 Å². The van der Waals surface area contributed by atoms with E-state index < -0.39 is 0 Å². The predicted molar refractivity (Wildman–Crippen MR) is 111 cm³/mol. The van der Waals surface area contributed by atoms with Crippen molar-refractivity contribution >= 4 is 5.91 Å². The summed E-state index contributed by atoms with van der Waals surface area (Å²) in [4.78, 5) is 11.4. The molecule has 0 spiro atoms. The van der Waals surface area contributed by atoms with Crippen LogP contribution in [0.1, 0.15) is 30.0 Å². The van der Waals surface area contributed by atoms with E-state index in [0.29, 0.717) is 44.3 Å². The SMILES string of the molecule is CCOc1cc(CCNC(=O)CC#N)ccc1OCCOc1ccc(C)cc1C. The summed E-state index contributed by atoms with van der Waals surface area (Å²) in [6.07, 6.45) is 0.522. The van der Waals surface area contributed by atoms with Gasteiger partial charge in [-0.1, -0.05) is 23.8 Å². The minimum absolute atomic E-state index is 0.124. The van der Waals surface area contributed by atoms with Gasteiger partial charge >= 0.3 is 0 Å². The molecular weight excluding hydrogens is 368 g/mol. The summed E-state index contributed by atoms with van der Waals surface area (Å²) in [5.74, 6) is 1.92. The molecule has 6 heteroatoms. The van der Waals surface area contributed by atoms with Crippen molar-refractivity contribution in [1.82, 2.24) is 5.32 Å². The quantitative estimate of drug-likeness (QED) is 0.585. The predicted octanol–water partition coefficient (Wildman–Crippen LogP) is 3.73. The average molecular weight is 396 g/mol. The molecule has 154 valence electrons. The van der Waals surface area contributed by atoms with Gasteiger partial charge in [0.05, 0.1) is 12.7 Å². The second-order valence-electron chi connectivity index (χ2n) is 6.61. The monoisotopic (exact) mass is 396 g/mol. The van der Waals surface area contributed by atoms with Crippen molar-refractivity contribution in [2.75, 3.05) is 26.4 Å². The number of ether oxygens (including phenoxy) is 3. The molecule has 0 aliphatic carbocycles. The standard InChI is InChI=1S/C23H28N2O4/c1-4-27-22-16-19(10-12-25-23(26)9-11-24)6-8-21(22)29-14-13-28-20-7-5-17(2)15-18(20)3/h5-8,15-16H,4,9-10,12-14H2,1-3H3,(H,25,26). The van der Waals surface area contributed by atoms with Crippen LogP contribution in [0, 0.1) is 25.2 Å². The topological polar surface area (TPSA) is 80.6 Å². The molecule has 0 radical (unpaired) electrons. The first-order valence-electron chi connectivity index (χ1n) is 9.75. The normalized spacial score (nSPS) is 10.1. The summed E-state index contributed by atoms with van der Waals surface area (Å²) >= 11 is 0. The van der Waals surface area contributed by atoms with E-state index in [4.69, 9.17) is 19.5 Å².